The van der Waals surface area contributed by atoms with Crippen molar-refractivity contribution in [2.45, 2.75) is 19.3 Å². The van der Waals surface area contributed by atoms with Gasteiger partial charge < -0.3 is 10.1 Å². The molecule has 4 rings (SSSR count). The van der Waals surface area contributed by atoms with E-state index in [1.165, 1.54) is 7.11 Å². The second-order valence-corrected chi connectivity index (χ2v) is 6.43. The lowest BCUT2D eigenvalue weighted by Crippen LogP contribution is -2.25. The number of benzene rings is 1. The van der Waals surface area contributed by atoms with Gasteiger partial charge in [-0.3, -0.25) is 4.79 Å². The van der Waals surface area contributed by atoms with Crippen LogP contribution in [0, 0.1) is 6.92 Å². The van der Waals surface area contributed by atoms with E-state index in [9.17, 15) is 4.79 Å². The molecule has 0 saturated carbocycles. The maximum absolute atomic E-state index is 12.4. The highest BCUT2D eigenvalue weighted by atomic mass is 35.5. The fourth-order valence-electron chi connectivity index (χ4n) is 3.27. The third-order valence-electron chi connectivity index (χ3n) is 4.44. The Balaban J connectivity index is 1.86. The van der Waals surface area contributed by atoms with E-state index < -0.39 is 0 Å². The molecule has 3 aromatic rings. The van der Waals surface area contributed by atoms with Gasteiger partial charge in [-0.25, -0.2) is 0 Å². The van der Waals surface area contributed by atoms with Crippen LogP contribution < -0.4 is 10.1 Å². The van der Waals surface area contributed by atoms with Crippen molar-refractivity contribution < 1.29 is 9.53 Å². The molecule has 26 heavy (non-hydrogen) atoms. The standard InChI is InChI=1S/C18H16ClN5O2/c1-10-17-12(11-5-3-4-6-13(11)19)9-15(25)20-18(17)24(23-10)14-7-8-16(26-2)22-21-14/h3-8,12H,9H2,1-2H3,(H,20,25). The summed E-state index contributed by atoms with van der Waals surface area (Å²) in [5.74, 6) is 1.25. The van der Waals surface area contributed by atoms with E-state index in [-0.39, 0.29) is 11.8 Å². The monoisotopic (exact) mass is 369 g/mol. The lowest BCUT2D eigenvalue weighted by Gasteiger charge is -2.24. The second kappa shape index (κ2) is 6.42. The first-order valence-corrected chi connectivity index (χ1v) is 8.48. The minimum atomic E-state index is -0.160. The molecule has 0 aliphatic carbocycles. The number of fused-ring (bicyclic) bond motifs is 1. The molecule has 0 spiro atoms. The molecule has 1 N–H and O–H groups in total. The summed E-state index contributed by atoms with van der Waals surface area (Å²) < 4.78 is 6.64. The summed E-state index contributed by atoms with van der Waals surface area (Å²) in [5, 5.41) is 16.2. The molecule has 0 bridgehead atoms. The van der Waals surface area contributed by atoms with Crippen molar-refractivity contribution in [1.29, 1.82) is 0 Å². The third-order valence-corrected chi connectivity index (χ3v) is 4.78. The van der Waals surface area contributed by atoms with Gasteiger partial charge in [0.25, 0.3) is 0 Å². The predicted molar refractivity (Wildman–Crippen MR) is 97.0 cm³/mol. The molecule has 132 valence electrons. The number of methoxy groups -OCH3 is 1. The molecule has 1 unspecified atom stereocenters. The summed E-state index contributed by atoms with van der Waals surface area (Å²) in [5.41, 5.74) is 2.66. The highest BCUT2D eigenvalue weighted by Gasteiger charge is 2.33. The number of anilines is 1. The minimum absolute atomic E-state index is 0.0926. The summed E-state index contributed by atoms with van der Waals surface area (Å²) >= 11 is 6.39. The number of nitrogens with zero attached hydrogens (tertiary/aromatic N) is 4. The van der Waals surface area contributed by atoms with Crippen LogP contribution in [0.2, 0.25) is 5.02 Å². The van der Waals surface area contributed by atoms with Crippen LogP contribution in [-0.2, 0) is 4.79 Å². The molecule has 3 heterocycles. The van der Waals surface area contributed by atoms with Crippen molar-refractivity contribution in [3.8, 4) is 11.7 Å². The Morgan fingerprint density at radius 3 is 2.73 bits per heavy atom. The highest BCUT2D eigenvalue weighted by Crippen LogP contribution is 2.42. The first-order chi connectivity index (χ1) is 12.6. The van der Waals surface area contributed by atoms with Crippen LogP contribution in [-0.4, -0.2) is 33.0 Å². The zero-order valence-corrected chi connectivity index (χ0v) is 15.0. The van der Waals surface area contributed by atoms with Gasteiger partial charge in [0.15, 0.2) is 5.82 Å². The van der Waals surface area contributed by atoms with Gasteiger partial charge in [0, 0.05) is 29.0 Å². The quantitative estimate of drug-likeness (QED) is 0.767. The Labute approximate surface area is 155 Å². The number of carbonyl (C=O) groups excluding carboxylic acids is 1. The first kappa shape index (κ1) is 16.5. The Morgan fingerprint density at radius 2 is 2.04 bits per heavy atom. The lowest BCUT2D eigenvalue weighted by molar-refractivity contribution is -0.116. The van der Waals surface area contributed by atoms with E-state index in [0.29, 0.717) is 29.0 Å². The van der Waals surface area contributed by atoms with Gasteiger partial charge in [0.2, 0.25) is 11.8 Å². The minimum Gasteiger partial charge on any atom is -0.480 e. The molecule has 1 aliphatic heterocycles. The molecule has 1 atom stereocenters. The molecule has 1 amide bonds. The van der Waals surface area contributed by atoms with Crippen molar-refractivity contribution >= 4 is 23.3 Å². The maximum atomic E-state index is 12.4. The van der Waals surface area contributed by atoms with Gasteiger partial charge in [-0.15, -0.1) is 10.2 Å². The van der Waals surface area contributed by atoms with Crippen LogP contribution in [0.4, 0.5) is 5.82 Å². The van der Waals surface area contributed by atoms with Gasteiger partial charge in [-0.1, -0.05) is 29.8 Å². The van der Waals surface area contributed by atoms with Crippen LogP contribution in [0.1, 0.15) is 29.2 Å². The highest BCUT2D eigenvalue weighted by molar-refractivity contribution is 6.31. The third kappa shape index (κ3) is 2.70. The van der Waals surface area contributed by atoms with E-state index in [2.05, 4.69) is 20.6 Å². The van der Waals surface area contributed by atoms with E-state index in [1.807, 2.05) is 31.2 Å². The Kier molecular flexibility index (Phi) is 4.08. The average molecular weight is 370 g/mol. The average Bonchev–Trinajstić information content (AvgIpc) is 2.98. The topological polar surface area (TPSA) is 81.9 Å². The Morgan fingerprint density at radius 1 is 1.23 bits per heavy atom. The molecule has 0 saturated heterocycles. The number of amides is 1. The molecule has 1 aromatic carbocycles. The zero-order chi connectivity index (χ0) is 18.3. The number of ether oxygens (including phenoxy) is 1. The van der Waals surface area contributed by atoms with Crippen molar-refractivity contribution in [2.75, 3.05) is 12.4 Å². The summed E-state index contributed by atoms with van der Waals surface area (Å²) in [6, 6.07) is 11.0. The molecule has 1 aliphatic rings. The molecule has 2 aromatic heterocycles. The SMILES string of the molecule is COc1ccc(-n2nc(C)c3c2NC(=O)CC3c2ccccc2Cl)nn1. The van der Waals surface area contributed by atoms with E-state index in [1.54, 1.807) is 16.8 Å². The summed E-state index contributed by atoms with van der Waals surface area (Å²) in [6.07, 6.45) is 0.317. The summed E-state index contributed by atoms with van der Waals surface area (Å²) in [7, 11) is 1.53. The predicted octanol–water partition coefficient (Wildman–Crippen LogP) is 3.11. The van der Waals surface area contributed by atoms with Crippen molar-refractivity contribution in [2.24, 2.45) is 0 Å². The van der Waals surface area contributed by atoms with Crippen LogP contribution in [0.5, 0.6) is 5.88 Å². The smallest absolute Gasteiger partial charge is 0.233 e. The number of aryl methyl sites for hydroxylation is 1. The molecule has 0 fully saturated rings. The first-order valence-electron chi connectivity index (χ1n) is 8.10. The largest absolute Gasteiger partial charge is 0.480 e. The van der Waals surface area contributed by atoms with Crippen LogP contribution in [0.25, 0.3) is 5.82 Å². The number of rotatable bonds is 3. The van der Waals surface area contributed by atoms with E-state index in [4.69, 9.17) is 16.3 Å². The zero-order valence-electron chi connectivity index (χ0n) is 14.2. The fraction of sp³-hybridized carbons (Fsp3) is 0.222. The van der Waals surface area contributed by atoms with Crippen molar-refractivity contribution in [1.82, 2.24) is 20.0 Å². The van der Waals surface area contributed by atoms with Crippen LogP contribution >= 0.6 is 11.6 Å². The normalized spacial score (nSPS) is 16.1. The van der Waals surface area contributed by atoms with Crippen molar-refractivity contribution in [3.63, 3.8) is 0 Å². The number of hydrogen-bond donors (Lipinski definition) is 1. The Hall–Kier alpha value is -2.93. The van der Waals surface area contributed by atoms with Gasteiger partial charge in [0.1, 0.15) is 5.82 Å². The summed E-state index contributed by atoms with van der Waals surface area (Å²) in [6.45, 7) is 1.91. The number of halogens is 1. The van der Waals surface area contributed by atoms with Crippen molar-refractivity contribution in [3.05, 3.63) is 58.2 Å². The van der Waals surface area contributed by atoms with Crippen LogP contribution in [0.3, 0.4) is 0 Å². The lowest BCUT2D eigenvalue weighted by atomic mass is 9.86. The number of carbonyl (C=O) groups is 1. The van der Waals surface area contributed by atoms with Gasteiger partial charge in [0.05, 0.1) is 12.8 Å². The number of nitrogens with one attached hydrogen (secondary N) is 1. The number of aromatic nitrogens is 4. The second-order valence-electron chi connectivity index (χ2n) is 6.02. The molecule has 7 nitrogen and oxygen atoms in total. The van der Waals surface area contributed by atoms with Gasteiger partial charge in [-0.2, -0.15) is 9.78 Å². The van der Waals surface area contributed by atoms with E-state index in [0.717, 1.165) is 16.8 Å². The van der Waals surface area contributed by atoms with Gasteiger partial charge >= 0.3 is 0 Å². The van der Waals surface area contributed by atoms with Crippen LogP contribution in [0.15, 0.2) is 36.4 Å². The maximum Gasteiger partial charge on any atom is 0.233 e. The molecule has 0 radical (unpaired) electrons. The van der Waals surface area contributed by atoms with Gasteiger partial charge in [-0.05, 0) is 24.6 Å². The fourth-order valence-corrected chi connectivity index (χ4v) is 3.54. The summed E-state index contributed by atoms with van der Waals surface area (Å²) in [4.78, 5) is 12.4. The molecule has 8 heteroatoms. The van der Waals surface area contributed by atoms with E-state index >= 15 is 0 Å². The molecular formula is C18H16ClN5O2. The Bertz CT molecular complexity index is 984. The number of hydrogen-bond acceptors (Lipinski definition) is 5. The molecular weight excluding hydrogens is 354 g/mol.